The highest BCUT2D eigenvalue weighted by atomic mass is 35.5. The predicted octanol–water partition coefficient (Wildman–Crippen LogP) is 3.70. The predicted molar refractivity (Wildman–Crippen MR) is 79.4 cm³/mol. The zero-order chi connectivity index (χ0) is 15.0. The fourth-order valence-corrected chi connectivity index (χ4v) is 1.47. The first-order valence-electron chi connectivity index (χ1n) is 6.13. The minimum atomic E-state index is -0.994. The SMILES string of the molecule is CCOc1cc(/C=C/C(=O)O)ccc1OC/C(C)=C/Cl. The molecule has 0 aliphatic rings. The van der Waals surface area contributed by atoms with Crippen molar-refractivity contribution < 1.29 is 19.4 Å². The van der Waals surface area contributed by atoms with Gasteiger partial charge in [0.05, 0.1) is 6.61 Å². The molecule has 0 amide bonds. The van der Waals surface area contributed by atoms with Gasteiger partial charge in [0.15, 0.2) is 11.5 Å². The molecule has 1 aromatic carbocycles. The highest BCUT2D eigenvalue weighted by molar-refractivity contribution is 6.25. The molecule has 0 saturated heterocycles. The molecule has 20 heavy (non-hydrogen) atoms. The van der Waals surface area contributed by atoms with Crippen molar-refractivity contribution in [2.75, 3.05) is 13.2 Å². The van der Waals surface area contributed by atoms with Crippen LogP contribution in [-0.2, 0) is 4.79 Å². The van der Waals surface area contributed by atoms with Gasteiger partial charge in [0.25, 0.3) is 0 Å². The van der Waals surface area contributed by atoms with Gasteiger partial charge in [0, 0.05) is 11.6 Å². The Morgan fingerprint density at radius 2 is 2.10 bits per heavy atom. The summed E-state index contributed by atoms with van der Waals surface area (Å²) in [6.45, 7) is 4.59. The third-order valence-electron chi connectivity index (χ3n) is 2.33. The maximum absolute atomic E-state index is 10.5. The van der Waals surface area contributed by atoms with E-state index in [1.54, 1.807) is 18.2 Å². The van der Waals surface area contributed by atoms with Gasteiger partial charge in [-0.2, -0.15) is 0 Å². The van der Waals surface area contributed by atoms with Crippen molar-refractivity contribution in [3.63, 3.8) is 0 Å². The number of hydrogen-bond acceptors (Lipinski definition) is 3. The number of carboxylic acid groups (broad SMARTS) is 1. The smallest absolute Gasteiger partial charge is 0.328 e. The molecule has 0 atom stereocenters. The normalized spacial score (nSPS) is 11.7. The number of ether oxygens (including phenoxy) is 2. The summed E-state index contributed by atoms with van der Waals surface area (Å²) in [6.07, 6.45) is 2.57. The first-order valence-corrected chi connectivity index (χ1v) is 6.57. The number of carbonyl (C=O) groups is 1. The van der Waals surface area contributed by atoms with Gasteiger partial charge in [0.2, 0.25) is 0 Å². The second-order valence-electron chi connectivity index (χ2n) is 4.05. The van der Waals surface area contributed by atoms with Crippen molar-refractivity contribution in [2.24, 2.45) is 0 Å². The summed E-state index contributed by atoms with van der Waals surface area (Å²) in [5.74, 6) is 0.172. The van der Waals surface area contributed by atoms with Crippen LogP contribution < -0.4 is 9.47 Å². The molecule has 5 heteroatoms. The average molecular weight is 297 g/mol. The number of benzene rings is 1. The molecule has 1 N–H and O–H groups in total. The summed E-state index contributed by atoms with van der Waals surface area (Å²) >= 11 is 5.58. The van der Waals surface area contributed by atoms with Crippen molar-refractivity contribution in [2.45, 2.75) is 13.8 Å². The second-order valence-corrected chi connectivity index (χ2v) is 4.27. The molecule has 0 aliphatic carbocycles. The van der Waals surface area contributed by atoms with Gasteiger partial charge in [-0.05, 0) is 43.2 Å². The Bertz CT molecular complexity index is 521. The van der Waals surface area contributed by atoms with Gasteiger partial charge >= 0.3 is 5.97 Å². The van der Waals surface area contributed by atoms with E-state index in [0.29, 0.717) is 24.7 Å². The molecule has 108 valence electrons. The Morgan fingerprint density at radius 1 is 1.35 bits per heavy atom. The van der Waals surface area contributed by atoms with Crippen molar-refractivity contribution in [1.29, 1.82) is 0 Å². The number of hydrogen-bond donors (Lipinski definition) is 1. The third-order valence-corrected chi connectivity index (χ3v) is 2.70. The van der Waals surface area contributed by atoms with Gasteiger partial charge in [-0.25, -0.2) is 4.79 Å². The molecular formula is C15H17ClO4. The Balaban J connectivity index is 2.92. The maximum atomic E-state index is 10.5. The maximum Gasteiger partial charge on any atom is 0.328 e. The molecule has 0 radical (unpaired) electrons. The number of aliphatic carboxylic acids is 1. The summed E-state index contributed by atoms with van der Waals surface area (Å²) in [6, 6.07) is 5.24. The van der Waals surface area contributed by atoms with Gasteiger partial charge in [-0.15, -0.1) is 0 Å². The van der Waals surface area contributed by atoms with Crippen LogP contribution in [-0.4, -0.2) is 24.3 Å². The lowest BCUT2D eigenvalue weighted by Gasteiger charge is -2.12. The fourth-order valence-electron chi connectivity index (χ4n) is 1.41. The molecular weight excluding hydrogens is 280 g/mol. The highest BCUT2D eigenvalue weighted by Crippen LogP contribution is 2.29. The third kappa shape index (κ3) is 5.36. The molecule has 0 heterocycles. The van der Waals surface area contributed by atoms with Crippen molar-refractivity contribution >= 4 is 23.6 Å². The highest BCUT2D eigenvalue weighted by Gasteiger charge is 2.06. The van der Waals surface area contributed by atoms with E-state index in [0.717, 1.165) is 17.2 Å². The van der Waals surface area contributed by atoms with E-state index in [2.05, 4.69) is 0 Å². The van der Waals surface area contributed by atoms with E-state index in [1.165, 1.54) is 11.6 Å². The van der Waals surface area contributed by atoms with E-state index in [4.69, 9.17) is 26.2 Å². The molecule has 0 aliphatic heterocycles. The molecule has 0 spiro atoms. The van der Waals surface area contributed by atoms with Crippen molar-refractivity contribution in [1.82, 2.24) is 0 Å². The van der Waals surface area contributed by atoms with Gasteiger partial charge in [-0.3, -0.25) is 0 Å². The van der Waals surface area contributed by atoms with Crippen LogP contribution in [0.15, 0.2) is 35.4 Å². The first kappa shape index (κ1) is 16.1. The molecule has 0 bridgehead atoms. The minimum absolute atomic E-state index is 0.369. The molecule has 0 aromatic heterocycles. The summed E-state index contributed by atoms with van der Waals surface area (Å²) in [5, 5.41) is 8.61. The van der Waals surface area contributed by atoms with Crippen LogP contribution in [0, 0.1) is 0 Å². The van der Waals surface area contributed by atoms with Crippen LogP contribution in [0.3, 0.4) is 0 Å². The summed E-state index contributed by atoms with van der Waals surface area (Å²) in [5.41, 5.74) is 3.08. The van der Waals surface area contributed by atoms with Gasteiger partial charge in [0.1, 0.15) is 6.61 Å². The second kappa shape index (κ2) is 8.27. The molecule has 0 fully saturated rings. The zero-order valence-electron chi connectivity index (χ0n) is 11.4. The van der Waals surface area contributed by atoms with Gasteiger partial charge < -0.3 is 14.6 Å². The van der Waals surface area contributed by atoms with Crippen LogP contribution in [0.2, 0.25) is 0 Å². The van der Waals surface area contributed by atoms with Crippen LogP contribution in [0.5, 0.6) is 11.5 Å². The van der Waals surface area contributed by atoms with Crippen LogP contribution in [0.4, 0.5) is 0 Å². The lowest BCUT2D eigenvalue weighted by molar-refractivity contribution is -0.131. The number of carboxylic acids is 1. The summed E-state index contributed by atoms with van der Waals surface area (Å²) in [4.78, 5) is 10.5. The average Bonchev–Trinajstić information content (AvgIpc) is 2.44. The number of halogens is 1. The largest absolute Gasteiger partial charge is 0.490 e. The Labute approximate surface area is 123 Å². The van der Waals surface area contributed by atoms with E-state index < -0.39 is 5.97 Å². The minimum Gasteiger partial charge on any atom is -0.490 e. The monoisotopic (exact) mass is 296 g/mol. The fraction of sp³-hybridized carbons (Fsp3) is 0.267. The van der Waals surface area contributed by atoms with Crippen molar-refractivity contribution in [3.05, 3.63) is 40.9 Å². The first-order chi connectivity index (χ1) is 9.56. The molecule has 4 nitrogen and oxygen atoms in total. The van der Waals surface area contributed by atoms with E-state index in [9.17, 15) is 4.79 Å². The van der Waals surface area contributed by atoms with E-state index >= 15 is 0 Å². The van der Waals surface area contributed by atoms with E-state index in [-0.39, 0.29) is 0 Å². The van der Waals surface area contributed by atoms with Crippen LogP contribution in [0.1, 0.15) is 19.4 Å². The van der Waals surface area contributed by atoms with E-state index in [1.807, 2.05) is 13.8 Å². The lowest BCUT2D eigenvalue weighted by Crippen LogP contribution is -2.02. The summed E-state index contributed by atoms with van der Waals surface area (Å²) in [7, 11) is 0. The topological polar surface area (TPSA) is 55.8 Å². The molecule has 0 saturated carbocycles. The van der Waals surface area contributed by atoms with Crippen LogP contribution in [0.25, 0.3) is 6.08 Å². The standard InChI is InChI=1S/C15H17ClO4/c1-3-19-14-8-12(5-7-15(17)18)4-6-13(14)20-10-11(2)9-16/h4-9H,3,10H2,1-2H3,(H,17,18)/b7-5+,11-9+. The zero-order valence-corrected chi connectivity index (χ0v) is 12.2. The Kier molecular flexibility index (Phi) is 6.67. The lowest BCUT2D eigenvalue weighted by atomic mass is 10.2. The Morgan fingerprint density at radius 3 is 2.70 bits per heavy atom. The Hall–Kier alpha value is -1.94. The number of rotatable bonds is 7. The quantitative estimate of drug-likeness (QED) is 0.779. The molecule has 1 rings (SSSR count). The summed E-state index contributed by atoms with van der Waals surface area (Å²) < 4.78 is 11.1. The van der Waals surface area contributed by atoms with Crippen LogP contribution >= 0.6 is 11.6 Å². The molecule has 1 aromatic rings. The molecule has 0 unspecified atom stereocenters. The van der Waals surface area contributed by atoms with Gasteiger partial charge in [-0.1, -0.05) is 17.7 Å². The van der Waals surface area contributed by atoms with Crippen molar-refractivity contribution in [3.8, 4) is 11.5 Å².